The van der Waals surface area contributed by atoms with Gasteiger partial charge in [0.15, 0.2) is 5.76 Å². The molecule has 0 spiro atoms. The Morgan fingerprint density at radius 3 is 2.50 bits per heavy atom. The van der Waals surface area contributed by atoms with Crippen molar-refractivity contribution in [3.63, 3.8) is 0 Å². The minimum absolute atomic E-state index is 0.0604. The SMILES string of the molecule is O=C1CC(c2ccccc2)N(C(=O)C2CC2)CCCN(C(=O)c2ccco2)CCN1. The van der Waals surface area contributed by atoms with Crippen LogP contribution >= 0.6 is 0 Å². The zero-order chi connectivity index (χ0) is 20.9. The molecule has 30 heavy (non-hydrogen) atoms. The molecule has 2 aliphatic rings. The second kappa shape index (κ2) is 9.15. The number of carbonyl (C=O) groups excluding carboxylic acids is 3. The summed E-state index contributed by atoms with van der Waals surface area (Å²) in [4.78, 5) is 42.1. The van der Waals surface area contributed by atoms with E-state index < -0.39 is 0 Å². The van der Waals surface area contributed by atoms with Crippen molar-refractivity contribution >= 4 is 17.7 Å². The molecular formula is C23H27N3O4. The molecule has 7 heteroatoms. The van der Waals surface area contributed by atoms with Crippen molar-refractivity contribution in [2.45, 2.75) is 31.7 Å². The van der Waals surface area contributed by atoms with Gasteiger partial charge in [-0.1, -0.05) is 30.3 Å². The molecule has 1 saturated carbocycles. The van der Waals surface area contributed by atoms with E-state index in [2.05, 4.69) is 5.32 Å². The van der Waals surface area contributed by atoms with Gasteiger partial charge < -0.3 is 19.5 Å². The lowest BCUT2D eigenvalue weighted by molar-refractivity contribution is -0.136. The van der Waals surface area contributed by atoms with Crippen LogP contribution in [-0.4, -0.2) is 53.7 Å². The van der Waals surface area contributed by atoms with E-state index in [1.54, 1.807) is 17.0 Å². The topological polar surface area (TPSA) is 82.9 Å². The maximum atomic E-state index is 13.1. The molecule has 1 aliphatic carbocycles. The third-order valence-corrected chi connectivity index (χ3v) is 5.70. The van der Waals surface area contributed by atoms with E-state index in [-0.39, 0.29) is 41.9 Å². The molecule has 0 bridgehead atoms. The van der Waals surface area contributed by atoms with Crippen LogP contribution in [-0.2, 0) is 9.59 Å². The van der Waals surface area contributed by atoms with Crippen LogP contribution in [0.25, 0.3) is 0 Å². The van der Waals surface area contributed by atoms with Crippen molar-refractivity contribution in [1.29, 1.82) is 0 Å². The van der Waals surface area contributed by atoms with Gasteiger partial charge in [-0.15, -0.1) is 0 Å². The second-order valence-corrected chi connectivity index (χ2v) is 7.91. The van der Waals surface area contributed by atoms with E-state index in [4.69, 9.17) is 4.42 Å². The molecule has 3 amide bonds. The Bertz CT molecular complexity index is 877. The van der Waals surface area contributed by atoms with Gasteiger partial charge in [0.25, 0.3) is 5.91 Å². The Kier molecular flexibility index (Phi) is 6.16. The second-order valence-electron chi connectivity index (χ2n) is 7.91. The number of hydrogen-bond acceptors (Lipinski definition) is 4. The van der Waals surface area contributed by atoms with Gasteiger partial charge >= 0.3 is 0 Å². The van der Waals surface area contributed by atoms with Crippen LogP contribution in [0.2, 0.25) is 0 Å². The summed E-state index contributed by atoms with van der Waals surface area (Å²) < 4.78 is 5.25. The van der Waals surface area contributed by atoms with Crippen LogP contribution in [0.1, 0.15) is 47.8 Å². The van der Waals surface area contributed by atoms with Crippen molar-refractivity contribution in [3.05, 3.63) is 60.1 Å². The van der Waals surface area contributed by atoms with Crippen LogP contribution < -0.4 is 5.32 Å². The van der Waals surface area contributed by atoms with E-state index >= 15 is 0 Å². The summed E-state index contributed by atoms with van der Waals surface area (Å²) in [6.07, 6.45) is 4.15. The van der Waals surface area contributed by atoms with E-state index in [0.717, 1.165) is 18.4 Å². The first kappa shape index (κ1) is 20.2. The van der Waals surface area contributed by atoms with E-state index in [9.17, 15) is 14.4 Å². The molecule has 158 valence electrons. The molecule has 1 aliphatic heterocycles. The fourth-order valence-corrected chi connectivity index (χ4v) is 3.95. The minimum atomic E-state index is -0.299. The summed E-state index contributed by atoms with van der Waals surface area (Å²) in [7, 11) is 0. The number of rotatable bonds is 3. The van der Waals surface area contributed by atoms with Gasteiger partial charge in [-0.05, 0) is 37.0 Å². The highest BCUT2D eigenvalue weighted by molar-refractivity contribution is 5.91. The number of amides is 3. The van der Waals surface area contributed by atoms with E-state index in [1.807, 2.05) is 35.2 Å². The smallest absolute Gasteiger partial charge is 0.289 e. The summed E-state index contributed by atoms with van der Waals surface area (Å²) >= 11 is 0. The van der Waals surface area contributed by atoms with Crippen LogP contribution in [0, 0.1) is 5.92 Å². The van der Waals surface area contributed by atoms with Gasteiger partial charge in [0.2, 0.25) is 11.8 Å². The molecule has 2 fully saturated rings. The molecule has 0 radical (unpaired) electrons. The van der Waals surface area contributed by atoms with Gasteiger partial charge in [0, 0.05) is 32.1 Å². The van der Waals surface area contributed by atoms with E-state index in [0.29, 0.717) is 32.6 Å². The minimum Gasteiger partial charge on any atom is -0.459 e. The zero-order valence-corrected chi connectivity index (χ0v) is 17.0. The van der Waals surface area contributed by atoms with Crippen molar-refractivity contribution in [3.8, 4) is 0 Å². The monoisotopic (exact) mass is 409 g/mol. The quantitative estimate of drug-likeness (QED) is 0.845. The lowest BCUT2D eigenvalue weighted by atomic mass is 10.0. The fraction of sp³-hybridized carbons (Fsp3) is 0.435. The Balaban J connectivity index is 1.56. The van der Waals surface area contributed by atoms with Crippen molar-refractivity contribution in [2.24, 2.45) is 5.92 Å². The molecule has 1 atom stereocenters. The number of carbonyl (C=O) groups is 3. The fourth-order valence-electron chi connectivity index (χ4n) is 3.95. The first-order chi connectivity index (χ1) is 14.6. The number of benzene rings is 1. The standard InChI is InChI=1S/C23H27N3O4/c27-21-16-19(17-6-2-1-3-7-17)26(22(28)18-9-10-18)13-5-12-25(14-11-24-21)23(29)20-8-4-15-30-20/h1-4,6-8,15,18-19H,5,9-14,16H2,(H,24,27). The lowest BCUT2D eigenvalue weighted by Gasteiger charge is -2.32. The maximum absolute atomic E-state index is 13.1. The highest BCUT2D eigenvalue weighted by atomic mass is 16.3. The molecule has 2 aromatic rings. The van der Waals surface area contributed by atoms with Crippen LogP contribution in [0.5, 0.6) is 0 Å². The molecule has 1 unspecified atom stereocenters. The van der Waals surface area contributed by atoms with Crippen molar-refractivity contribution in [2.75, 3.05) is 26.2 Å². The molecule has 4 rings (SSSR count). The molecule has 1 aromatic carbocycles. The average Bonchev–Trinajstić information content (AvgIpc) is 3.48. The molecule has 2 heterocycles. The van der Waals surface area contributed by atoms with Gasteiger partial charge in [0.05, 0.1) is 18.7 Å². The van der Waals surface area contributed by atoms with Crippen LogP contribution in [0.3, 0.4) is 0 Å². The van der Waals surface area contributed by atoms with Gasteiger partial charge in [-0.25, -0.2) is 0 Å². The maximum Gasteiger partial charge on any atom is 0.289 e. The van der Waals surface area contributed by atoms with Crippen LogP contribution in [0.15, 0.2) is 53.1 Å². The van der Waals surface area contributed by atoms with Gasteiger partial charge in [0.1, 0.15) is 0 Å². The Labute approximate surface area is 176 Å². The Hall–Kier alpha value is -3.09. The summed E-state index contributed by atoms with van der Waals surface area (Å²) in [5.41, 5.74) is 0.962. The third kappa shape index (κ3) is 4.72. The molecule has 1 saturated heterocycles. The van der Waals surface area contributed by atoms with Crippen molar-refractivity contribution < 1.29 is 18.8 Å². The predicted octanol–water partition coefficient (Wildman–Crippen LogP) is 2.61. The number of furan rings is 1. The van der Waals surface area contributed by atoms with Gasteiger partial charge in [-0.2, -0.15) is 0 Å². The first-order valence-corrected chi connectivity index (χ1v) is 10.6. The highest BCUT2D eigenvalue weighted by Crippen LogP contribution is 2.35. The number of nitrogens with zero attached hydrogens (tertiary/aromatic N) is 2. The largest absolute Gasteiger partial charge is 0.459 e. The predicted molar refractivity (Wildman–Crippen MR) is 110 cm³/mol. The van der Waals surface area contributed by atoms with Crippen LogP contribution in [0.4, 0.5) is 0 Å². The van der Waals surface area contributed by atoms with Crippen molar-refractivity contribution in [1.82, 2.24) is 15.1 Å². The molecule has 1 aromatic heterocycles. The Morgan fingerprint density at radius 2 is 1.80 bits per heavy atom. The highest BCUT2D eigenvalue weighted by Gasteiger charge is 2.37. The van der Waals surface area contributed by atoms with Gasteiger partial charge in [-0.3, -0.25) is 14.4 Å². The number of hydrogen-bond donors (Lipinski definition) is 1. The first-order valence-electron chi connectivity index (χ1n) is 10.6. The van der Waals surface area contributed by atoms with E-state index in [1.165, 1.54) is 6.26 Å². The molecule has 7 nitrogen and oxygen atoms in total. The molecule has 1 N–H and O–H groups in total. The summed E-state index contributed by atoms with van der Waals surface area (Å²) in [5.74, 6) is 0.132. The summed E-state index contributed by atoms with van der Waals surface area (Å²) in [6.45, 7) is 1.76. The molecular weight excluding hydrogens is 382 g/mol. The number of nitrogens with one attached hydrogen (secondary N) is 1. The summed E-state index contributed by atoms with van der Waals surface area (Å²) in [5, 5.41) is 2.91. The summed E-state index contributed by atoms with van der Waals surface area (Å²) in [6, 6.07) is 12.8. The lowest BCUT2D eigenvalue weighted by Crippen LogP contribution is -2.39. The normalized spacial score (nSPS) is 20.9. The average molecular weight is 409 g/mol. The third-order valence-electron chi connectivity index (χ3n) is 5.70. The Morgan fingerprint density at radius 1 is 1.00 bits per heavy atom. The zero-order valence-electron chi connectivity index (χ0n) is 17.0.